The molecule has 1 saturated heterocycles. The number of nitrogens with one attached hydrogen (secondary N) is 2. The largest absolute Gasteiger partial charge is 0.336 e. The highest BCUT2D eigenvalue weighted by Crippen LogP contribution is 2.19. The molecule has 0 atom stereocenters. The van der Waals surface area contributed by atoms with Crippen LogP contribution in [0.3, 0.4) is 0 Å². The van der Waals surface area contributed by atoms with Crippen molar-refractivity contribution < 1.29 is 4.79 Å². The Hall–Kier alpha value is -2.93. The van der Waals surface area contributed by atoms with E-state index in [1.54, 1.807) is 22.0 Å². The van der Waals surface area contributed by atoms with Crippen LogP contribution in [-0.2, 0) is 0 Å². The lowest BCUT2D eigenvalue weighted by atomic mass is 10.1. The summed E-state index contributed by atoms with van der Waals surface area (Å²) in [6.07, 6.45) is 7.33. The predicted molar refractivity (Wildman–Crippen MR) is 99.1 cm³/mol. The Morgan fingerprint density at radius 2 is 1.96 bits per heavy atom. The molecule has 0 radical (unpaired) electrons. The van der Waals surface area contributed by atoms with E-state index in [2.05, 4.69) is 20.4 Å². The van der Waals surface area contributed by atoms with Gasteiger partial charge in [-0.15, -0.1) is 0 Å². The molecule has 2 aromatic heterocycles. The van der Waals surface area contributed by atoms with E-state index >= 15 is 0 Å². The SMILES string of the molecule is CN(C(=O)c1ncc(-c2cnn(-c3ccccc3)c2)[nH]1)C1CCNCC1. The van der Waals surface area contributed by atoms with Gasteiger partial charge < -0.3 is 15.2 Å². The van der Waals surface area contributed by atoms with Crippen LogP contribution in [0.4, 0.5) is 0 Å². The van der Waals surface area contributed by atoms with Crippen molar-refractivity contribution >= 4 is 5.91 Å². The third-order valence-corrected chi connectivity index (χ3v) is 4.87. The fraction of sp³-hybridized carbons (Fsp3) is 0.316. The first-order chi connectivity index (χ1) is 12.7. The number of hydrogen-bond donors (Lipinski definition) is 2. The van der Waals surface area contributed by atoms with Crippen LogP contribution in [-0.4, -0.2) is 56.7 Å². The van der Waals surface area contributed by atoms with Gasteiger partial charge in [0.2, 0.25) is 0 Å². The molecule has 0 saturated carbocycles. The Bertz CT molecular complexity index is 878. The van der Waals surface area contributed by atoms with Gasteiger partial charge in [0.05, 0.1) is 23.8 Å². The number of hydrogen-bond acceptors (Lipinski definition) is 4. The minimum Gasteiger partial charge on any atom is -0.336 e. The lowest BCUT2D eigenvalue weighted by Crippen LogP contribution is -2.44. The molecular weight excluding hydrogens is 328 g/mol. The fourth-order valence-corrected chi connectivity index (χ4v) is 3.29. The molecule has 0 aliphatic carbocycles. The van der Waals surface area contributed by atoms with Crippen LogP contribution >= 0.6 is 0 Å². The molecule has 134 valence electrons. The standard InChI is InChI=1S/C19H22N6O/c1-24(15-7-9-20-10-8-15)19(26)18-21-12-17(23-18)14-11-22-25(13-14)16-5-3-2-4-6-16/h2-6,11-13,15,20H,7-10H2,1H3,(H,21,23). The van der Waals surface area contributed by atoms with E-state index in [9.17, 15) is 4.79 Å². The van der Waals surface area contributed by atoms with Gasteiger partial charge >= 0.3 is 0 Å². The first kappa shape index (κ1) is 16.5. The molecule has 1 aliphatic heterocycles. The highest BCUT2D eigenvalue weighted by molar-refractivity contribution is 5.91. The number of benzene rings is 1. The molecule has 26 heavy (non-hydrogen) atoms. The molecule has 3 aromatic rings. The number of amides is 1. The maximum absolute atomic E-state index is 12.7. The summed E-state index contributed by atoms with van der Waals surface area (Å²) in [5.41, 5.74) is 2.67. The van der Waals surface area contributed by atoms with Crippen molar-refractivity contribution in [3.8, 4) is 16.9 Å². The first-order valence-electron chi connectivity index (χ1n) is 8.86. The summed E-state index contributed by atoms with van der Waals surface area (Å²) >= 11 is 0. The minimum atomic E-state index is -0.0707. The first-order valence-corrected chi connectivity index (χ1v) is 8.86. The van der Waals surface area contributed by atoms with Crippen molar-refractivity contribution in [2.24, 2.45) is 0 Å². The summed E-state index contributed by atoms with van der Waals surface area (Å²) in [6.45, 7) is 1.90. The second-order valence-electron chi connectivity index (χ2n) is 6.55. The molecule has 7 nitrogen and oxygen atoms in total. The molecule has 2 N–H and O–H groups in total. The van der Waals surface area contributed by atoms with Gasteiger partial charge in [-0.1, -0.05) is 18.2 Å². The lowest BCUT2D eigenvalue weighted by molar-refractivity contribution is 0.0692. The van der Waals surface area contributed by atoms with Crippen molar-refractivity contribution in [1.29, 1.82) is 0 Å². The Morgan fingerprint density at radius 3 is 2.73 bits per heavy atom. The highest BCUT2D eigenvalue weighted by atomic mass is 16.2. The number of rotatable bonds is 4. The summed E-state index contributed by atoms with van der Waals surface area (Å²) in [6, 6.07) is 10.2. The summed E-state index contributed by atoms with van der Waals surface area (Å²) in [5.74, 6) is 0.298. The van der Waals surface area contributed by atoms with E-state index in [-0.39, 0.29) is 11.9 Å². The summed E-state index contributed by atoms with van der Waals surface area (Å²) in [5, 5.41) is 7.71. The maximum Gasteiger partial charge on any atom is 0.289 e. The zero-order chi connectivity index (χ0) is 17.9. The minimum absolute atomic E-state index is 0.0707. The van der Waals surface area contributed by atoms with Crippen LogP contribution in [0.1, 0.15) is 23.5 Å². The van der Waals surface area contributed by atoms with E-state index in [0.29, 0.717) is 5.82 Å². The number of para-hydroxylation sites is 1. The lowest BCUT2D eigenvalue weighted by Gasteiger charge is -2.31. The number of carbonyl (C=O) groups excluding carboxylic acids is 1. The van der Waals surface area contributed by atoms with E-state index in [1.807, 2.05) is 43.6 Å². The molecule has 0 bridgehead atoms. The molecule has 3 heterocycles. The summed E-state index contributed by atoms with van der Waals surface area (Å²) in [4.78, 5) is 21.9. The average Bonchev–Trinajstić information content (AvgIpc) is 3.38. The van der Waals surface area contributed by atoms with Crippen molar-refractivity contribution in [2.45, 2.75) is 18.9 Å². The Kier molecular flexibility index (Phi) is 4.53. The van der Waals surface area contributed by atoms with Crippen LogP contribution in [0.25, 0.3) is 16.9 Å². The molecule has 1 aromatic carbocycles. The third-order valence-electron chi connectivity index (χ3n) is 4.87. The number of aromatic amines is 1. The monoisotopic (exact) mass is 350 g/mol. The molecule has 0 unspecified atom stereocenters. The molecule has 1 aliphatic rings. The van der Waals surface area contributed by atoms with Gasteiger partial charge in [-0.25, -0.2) is 9.67 Å². The number of H-pyrrole nitrogens is 1. The van der Waals surface area contributed by atoms with E-state index in [4.69, 9.17) is 0 Å². The van der Waals surface area contributed by atoms with Gasteiger partial charge in [-0.2, -0.15) is 5.10 Å². The molecule has 4 rings (SSSR count). The molecular formula is C19H22N6O. The van der Waals surface area contributed by atoms with Crippen molar-refractivity contribution in [3.63, 3.8) is 0 Å². The van der Waals surface area contributed by atoms with Gasteiger partial charge in [-0.05, 0) is 38.1 Å². The van der Waals surface area contributed by atoms with Gasteiger partial charge in [0.15, 0.2) is 5.82 Å². The number of piperidine rings is 1. The van der Waals surface area contributed by atoms with Crippen LogP contribution < -0.4 is 5.32 Å². The maximum atomic E-state index is 12.7. The topological polar surface area (TPSA) is 78.8 Å². The average molecular weight is 350 g/mol. The van der Waals surface area contributed by atoms with Crippen LogP contribution in [0, 0.1) is 0 Å². The van der Waals surface area contributed by atoms with E-state index in [0.717, 1.165) is 42.9 Å². The van der Waals surface area contributed by atoms with E-state index in [1.165, 1.54) is 0 Å². The normalized spacial score (nSPS) is 15.1. The van der Waals surface area contributed by atoms with Gasteiger partial charge in [0.1, 0.15) is 0 Å². The van der Waals surface area contributed by atoms with Crippen molar-refractivity contribution in [2.75, 3.05) is 20.1 Å². The van der Waals surface area contributed by atoms with Gasteiger partial charge in [0, 0.05) is 24.8 Å². The number of imidazole rings is 1. The van der Waals surface area contributed by atoms with Gasteiger partial charge in [-0.3, -0.25) is 4.79 Å². The fourth-order valence-electron chi connectivity index (χ4n) is 3.29. The van der Waals surface area contributed by atoms with Crippen LogP contribution in [0.2, 0.25) is 0 Å². The Balaban J connectivity index is 1.51. The molecule has 1 amide bonds. The summed E-state index contributed by atoms with van der Waals surface area (Å²) < 4.78 is 1.80. The smallest absolute Gasteiger partial charge is 0.289 e. The molecule has 0 spiro atoms. The Morgan fingerprint density at radius 1 is 1.19 bits per heavy atom. The predicted octanol–water partition coefficient (Wildman–Crippen LogP) is 2.09. The number of carbonyl (C=O) groups is 1. The second kappa shape index (κ2) is 7.13. The third kappa shape index (κ3) is 3.25. The van der Waals surface area contributed by atoms with Crippen LogP contribution in [0.15, 0.2) is 48.9 Å². The van der Waals surface area contributed by atoms with Crippen molar-refractivity contribution in [1.82, 2.24) is 30.0 Å². The number of aromatic nitrogens is 4. The zero-order valence-corrected chi connectivity index (χ0v) is 14.7. The zero-order valence-electron chi connectivity index (χ0n) is 14.7. The van der Waals surface area contributed by atoms with Gasteiger partial charge in [0.25, 0.3) is 5.91 Å². The summed E-state index contributed by atoms with van der Waals surface area (Å²) in [7, 11) is 1.86. The van der Waals surface area contributed by atoms with E-state index < -0.39 is 0 Å². The Labute approximate surface area is 152 Å². The molecule has 7 heteroatoms. The van der Waals surface area contributed by atoms with Crippen molar-refractivity contribution in [3.05, 3.63) is 54.7 Å². The number of nitrogens with zero attached hydrogens (tertiary/aromatic N) is 4. The molecule has 1 fully saturated rings. The van der Waals surface area contributed by atoms with Crippen LogP contribution in [0.5, 0.6) is 0 Å². The highest BCUT2D eigenvalue weighted by Gasteiger charge is 2.24. The second-order valence-corrected chi connectivity index (χ2v) is 6.55. The quantitative estimate of drug-likeness (QED) is 0.755.